The fourth-order valence-electron chi connectivity index (χ4n) is 2.54. The van der Waals surface area contributed by atoms with Gasteiger partial charge in [-0.05, 0) is 48.9 Å². The van der Waals surface area contributed by atoms with Crippen LogP contribution in [0.4, 0.5) is 0 Å². The van der Waals surface area contributed by atoms with Gasteiger partial charge in [-0.25, -0.2) is 0 Å². The molecule has 0 saturated carbocycles. The standard InChI is InChI=1S/C19H20ClN5O/c1-13-4-6-15(7-5-13)14(2)24(3)18(26)12-25-22-19(21-23-25)16-8-10-17(20)11-9-16/h4-11,14H,12H2,1-3H3. The molecule has 1 heterocycles. The number of aryl methyl sites for hydroxylation is 1. The van der Waals surface area contributed by atoms with E-state index < -0.39 is 0 Å². The maximum atomic E-state index is 12.6. The molecule has 7 heteroatoms. The summed E-state index contributed by atoms with van der Waals surface area (Å²) in [6.07, 6.45) is 0. The number of likely N-dealkylation sites (N-methyl/N-ethyl adjacent to an activating group) is 1. The van der Waals surface area contributed by atoms with Crippen molar-refractivity contribution in [2.24, 2.45) is 0 Å². The molecule has 0 aliphatic heterocycles. The van der Waals surface area contributed by atoms with Crippen LogP contribution in [0.5, 0.6) is 0 Å². The van der Waals surface area contributed by atoms with Crippen LogP contribution in [-0.4, -0.2) is 38.1 Å². The summed E-state index contributed by atoms with van der Waals surface area (Å²) in [6, 6.07) is 15.3. The summed E-state index contributed by atoms with van der Waals surface area (Å²) in [5.41, 5.74) is 3.07. The monoisotopic (exact) mass is 369 g/mol. The number of benzene rings is 2. The summed E-state index contributed by atoms with van der Waals surface area (Å²) < 4.78 is 0. The Balaban J connectivity index is 1.67. The van der Waals surface area contributed by atoms with Crippen molar-refractivity contribution in [3.8, 4) is 11.4 Å². The van der Waals surface area contributed by atoms with E-state index in [2.05, 4.69) is 15.4 Å². The maximum Gasteiger partial charge on any atom is 0.246 e. The Morgan fingerprint density at radius 3 is 2.46 bits per heavy atom. The second-order valence-electron chi connectivity index (χ2n) is 6.24. The molecule has 0 aliphatic rings. The number of aromatic nitrogens is 4. The molecule has 134 valence electrons. The number of amides is 1. The van der Waals surface area contributed by atoms with E-state index in [1.165, 1.54) is 10.4 Å². The van der Waals surface area contributed by atoms with Crippen molar-refractivity contribution in [1.29, 1.82) is 0 Å². The first kappa shape index (κ1) is 18.1. The summed E-state index contributed by atoms with van der Waals surface area (Å²) in [4.78, 5) is 15.6. The van der Waals surface area contributed by atoms with Crippen molar-refractivity contribution in [2.75, 3.05) is 7.05 Å². The van der Waals surface area contributed by atoms with Crippen molar-refractivity contribution in [1.82, 2.24) is 25.1 Å². The molecule has 0 spiro atoms. The molecule has 1 amide bonds. The Bertz CT molecular complexity index is 889. The Morgan fingerprint density at radius 1 is 1.15 bits per heavy atom. The van der Waals surface area contributed by atoms with Gasteiger partial charge in [-0.1, -0.05) is 41.4 Å². The van der Waals surface area contributed by atoms with Gasteiger partial charge in [0.1, 0.15) is 6.54 Å². The van der Waals surface area contributed by atoms with Gasteiger partial charge in [0, 0.05) is 17.6 Å². The predicted molar refractivity (Wildman–Crippen MR) is 101 cm³/mol. The van der Waals surface area contributed by atoms with Gasteiger partial charge in [-0.3, -0.25) is 4.79 Å². The van der Waals surface area contributed by atoms with Gasteiger partial charge >= 0.3 is 0 Å². The Kier molecular flexibility index (Phi) is 5.32. The minimum Gasteiger partial charge on any atom is -0.337 e. The fourth-order valence-corrected chi connectivity index (χ4v) is 2.67. The van der Waals surface area contributed by atoms with Gasteiger partial charge in [0.05, 0.1) is 6.04 Å². The Hall–Kier alpha value is -2.73. The van der Waals surface area contributed by atoms with Crippen LogP contribution in [-0.2, 0) is 11.3 Å². The Labute approximate surface area is 157 Å². The van der Waals surface area contributed by atoms with Crippen LogP contribution >= 0.6 is 11.6 Å². The molecular weight excluding hydrogens is 350 g/mol. The first-order valence-corrected chi connectivity index (χ1v) is 8.68. The average molecular weight is 370 g/mol. The largest absolute Gasteiger partial charge is 0.337 e. The first-order chi connectivity index (χ1) is 12.4. The van der Waals surface area contributed by atoms with Gasteiger partial charge in [-0.2, -0.15) is 4.80 Å². The molecule has 2 aromatic carbocycles. The van der Waals surface area contributed by atoms with Crippen LogP contribution in [0.1, 0.15) is 24.1 Å². The van der Waals surface area contributed by atoms with Crippen LogP contribution in [0, 0.1) is 6.92 Å². The van der Waals surface area contributed by atoms with Crippen LogP contribution in [0.3, 0.4) is 0 Å². The normalized spacial score (nSPS) is 12.0. The minimum atomic E-state index is -0.0851. The molecule has 0 aliphatic carbocycles. The third-order valence-electron chi connectivity index (χ3n) is 4.37. The van der Waals surface area contributed by atoms with E-state index in [9.17, 15) is 4.79 Å². The fraction of sp³-hybridized carbons (Fsp3) is 0.263. The zero-order valence-corrected chi connectivity index (χ0v) is 15.7. The molecule has 0 radical (unpaired) electrons. The molecular formula is C19H20ClN5O. The molecule has 3 aromatic rings. The van der Waals surface area contributed by atoms with Gasteiger partial charge in [-0.15, -0.1) is 10.2 Å². The maximum absolute atomic E-state index is 12.6. The van der Waals surface area contributed by atoms with E-state index in [4.69, 9.17) is 11.6 Å². The van der Waals surface area contributed by atoms with Gasteiger partial charge in [0.25, 0.3) is 0 Å². The van der Waals surface area contributed by atoms with E-state index in [1.54, 1.807) is 24.1 Å². The smallest absolute Gasteiger partial charge is 0.246 e. The summed E-state index contributed by atoms with van der Waals surface area (Å²) in [5, 5.41) is 12.9. The lowest BCUT2D eigenvalue weighted by molar-refractivity contribution is -0.132. The van der Waals surface area contributed by atoms with Crippen molar-refractivity contribution >= 4 is 17.5 Å². The second-order valence-corrected chi connectivity index (χ2v) is 6.68. The zero-order chi connectivity index (χ0) is 18.7. The van der Waals surface area contributed by atoms with E-state index >= 15 is 0 Å². The van der Waals surface area contributed by atoms with Crippen molar-refractivity contribution in [3.63, 3.8) is 0 Å². The summed E-state index contributed by atoms with van der Waals surface area (Å²) in [7, 11) is 1.78. The van der Waals surface area contributed by atoms with Gasteiger partial charge in [0.15, 0.2) is 0 Å². The molecule has 0 bridgehead atoms. The molecule has 6 nitrogen and oxygen atoms in total. The van der Waals surface area contributed by atoms with Crippen molar-refractivity contribution in [2.45, 2.75) is 26.4 Å². The van der Waals surface area contributed by atoms with E-state index in [1.807, 2.05) is 50.2 Å². The molecule has 1 aromatic heterocycles. The topological polar surface area (TPSA) is 63.9 Å². The molecule has 0 N–H and O–H groups in total. The summed E-state index contributed by atoms with van der Waals surface area (Å²) >= 11 is 5.88. The van der Waals surface area contributed by atoms with E-state index in [0.717, 1.165) is 11.1 Å². The van der Waals surface area contributed by atoms with Crippen LogP contribution in [0.2, 0.25) is 5.02 Å². The third-order valence-corrected chi connectivity index (χ3v) is 4.62. The Morgan fingerprint density at radius 2 is 1.81 bits per heavy atom. The molecule has 1 unspecified atom stereocenters. The lowest BCUT2D eigenvalue weighted by Crippen LogP contribution is -2.33. The number of nitrogens with zero attached hydrogens (tertiary/aromatic N) is 5. The average Bonchev–Trinajstić information content (AvgIpc) is 3.10. The van der Waals surface area contributed by atoms with E-state index in [0.29, 0.717) is 10.8 Å². The molecule has 3 rings (SSSR count). The van der Waals surface area contributed by atoms with Crippen molar-refractivity contribution in [3.05, 3.63) is 64.7 Å². The number of rotatable bonds is 5. The van der Waals surface area contributed by atoms with Gasteiger partial charge in [0.2, 0.25) is 11.7 Å². The number of carbonyl (C=O) groups excluding carboxylic acids is 1. The van der Waals surface area contributed by atoms with Crippen molar-refractivity contribution < 1.29 is 4.79 Å². The molecule has 0 fully saturated rings. The highest BCUT2D eigenvalue weighted by Gasteiger charge is 2.19. The van der Waals surface area contributed by atoms with Crippen LogP contribution < -0.4 is 0 Å². The van der Waals surface area contributed by atoms with E-state index in [-0.39, 0.29) is 18.5 Å². The molecule has 0 saturated heterocycles. The second kappa shape index (κ2) is 7.66. The molecule has 1 atom stereocenters. The number of carbonyl (C=O) groups is 1. The lowest BCUT2D eigenvalue weighted by atomic mass is 10.1. The highest BCUT2D eigenvalue weighted by Crippen LogP contribution is 2.20. The summed E-state index contributed by atoms with van der Waals surface area (Å²) in [6.45, 7) is 4.07. The zero-order valence-electron chi connectivity index (χ0n) is 14.9. The molecule has 26 heavy (non-hydrogen) atoms. The quantitative estimate of drug-likeness (QED) is 0.690. The number of tetrazole rings is 1. The third kappa shape index (κ3) is 4.08. The highest BCUT2D eigenvalue weighted by atomic mass is 35.5. The first-order valence-electron chi connectivity index (χ1n) is 8.30. The summed E-state index contributed by atoms with van der Waals surface area (Å²) in [5.74, 6) is 0.377. The predicted octanol–water partition coefficient (Wildman–Crippen LogP) is 3.52. The minimum absolute atomic E-state index is 0.0350. The van der Waals surface area contributed by atoms with Crippen LogP contribution in [0.15, 0.2) is 48.5 Å². The number of halogens is 1. The van der Waals surface area contributed by atoms with Gasteiger partial charge < -0.3 is 4.90 Å². The van der Waals surface area contributed by atoms with Crippen LogP contribution in [0.25, 0.3) is 11.4 Å². The number of hydrogen-bond donors (Lipinski definition) is 0. The lowest BCUT2D eigenvalue weighted by Gasteiger charge is -2.25. The SMILES string of the molecule is Cc1ccc(C(C)N(C)C(=O)Cn2nnc(-c3ccc(Cl)cc3)n2)cc1. The highest BCUT2D eigenvalue weighted by molar-refractivity contribution is 6.30. The number of hydrogen-bond acceptors (Lipinski definition) is 4.